The van der Waals surface area contributed by atoms with Crippen molar-refractivity contribution >= 4 is 0 Å². The van der Waals surface area contributed by atoms with Crippen LogP contribution in [0.25, 0.3) is 0 Å². The Bertz CT molecular complexity index is 195. The van der Waals surface area contributed by atoms with Gasteiger partial charge in [0, 0.05) is 0 Å². The highest BCUT2D eigenvalue weighted by Gasteiger charge is 2.35. The maximum atomic E-state index is 12.3. The molecule has 1 nitrogen and oxygen atoms in total. The first-order valence-electron chi connectivity index (χ1n) is 2.64. The van der Waals surface area contributed by atoms with Crippen molar-refractivity contribution in [3.63, 3.8) is 0 Å². The van der Waals surface area contributed by atoms with Gasteiger partial charge in [-0.25, -0.2) is 13.2 Å². The fraction of sp³-hybridized carbons (Fsp3) is 0.333. The Balaban J connectivity index is 2.84. The molecule has 0 bridgehead atoms. The third-order valence-corrected chi connectivity index (χ3v) is 1.17. The van der Waals surface area contributed by atoms with E-state index in [2.05, 4.69) is 0 Å². The first-order valence-corrected chi connectivity index (χ1v) is 2.64. The molecule has 0 radical (unpaired) electrons. The number of hydrogen-bond donors (Lipinski definition) is 1. The summed E-state index contributed by atoms with van der Waals surface area (Å²) in [6, 6.07) is 0. The van der Waals surface area contributed by atoms with Gasteiger partial charge in [0.25, 0.3) is 5.85 Å². The molecule has 1 rings (SSSR count). The largest absolute Gasteiger partial charge is 0.356 e. The van der Waals surface area contributed by atoms with Crippen LogP contribution < -0.4 is 0 Å². The van der Waals surface area contributed by atoms with Gasteiger partial charge in [-0.2, -0.15) is 0 Å². The van der Waals surface area contributed by atoms with E-state index in [1.807, 2.05) is 0 Å². The Hall–Kier alpha value is -0.770. The summed E-state index contributed by atoms with van der Waals surface area (Å²) in [6.45, 7) is 0. The maximum absolute atomic E-state index is 12.3. The van der Waals surface area contributed by atoms with E-state index in [0.29, 0.717) is 18.2 Å². The van der Waals surface area contributed by atoms with Gasteiger partial charge in [-0.05, 0) is 18.2 Å². The number of alkyl halides is 2. The summed E-state index contributed by atoms with van der Waals surface area (Å²) in [5, 5.41) is 8.42. The highest BCUT2D eigenvalue weighted by molar-refractivity contribution is 5.24. The van der Waals surface area contributed by atoms with E-state index in [1.165, 1.54) is 0 Å². The number of halogens is 3. The number of hydrogen-bond acceptors (Lipinski definition) is 1. The van der Waals surface area contributed by atoms with Gasteiger partial charge in [0.2, 0.25) is 0 Å². The van der Waals surface area contributed by atoms with Crippen molar-refractivity contribution in [2.45, 2.75) is 12.0 Å². The number of aliphatic hydroxyl groups is 1. The predicted octanol–water partition coefficient (Wildman–Crippen LogP) is 1.41. The Kier molecular flexibility index (Phi) is 1.56. The summed E-state index contributed by atoms with van der Waals surface area (Å²) in [7, 11) is 0. The van der Waals surface area contributed by atoms with Crippen LogP contribution >= 0.6 is 0 Å². The van der Waals surface area contributed by atoms with Crippen LogP contribution in [0.15, 0.2) is 24.1 Å². The molecule has 0 aromatic rings. The van der Waals surface area contributed by atoms with Gasteiger partial charge in [0.05, 0.1) is 0 Å². The van der Waals surface area contributed by atoms with Crippen molar-refractivity contribution in [3.8, 4) is 0 Å². The first-order chi connectivity index (χ1) is 4.52. The van der Waals surface area contributed by atoms with Crippen molar-refractivity contribution in [3.05, 3.63) is 24.1 Å². The average Bonchev–Trinajstić information content (AvgIpc) is 1.81. The molecule has 0 fully saturated rings. The van der Waals surface area contributed by atoms with Crippen LogP contribution in [0.5, 0.6) is 0 Å². The van der Waals surface area contributed by atoms with Gasteiger partial charge >= 0.3 is 0 Å². The molecule has 2 unspecified atom stereocenters. The normalized spacial score (nSPS) is 39.6. The van der Waals surface area contributed by atoms with Crippen LogP contribution in [0.1, 0.15) is 0 Å². The maximum Gasteiger partial charge on any atom is 0.261 e. The van der Waals surface area contributed by atoms with E-state index in [-0.39, 0.29) is 0 Å². The summed E-state index contributed by atoms with van der Waals surface area (Å²) in [5.41, 5.74) is 0. The van der Waals surface area contributed by atoms with Crippen molar-refractivity contribution in [2.75, 3.05) is 0 Å². The monoisotopic (exact) mass is 150 g/mol. The topological polar surface area (TPSA) is 20.2 Å². The summed E-state index contributed by atoms with van der Waals surface area (Å²) in [6.07, 6.45) is -0.819. The fourth-order valence-corrected chi connectivity index (χ4v) is 0.601. The molecule has 0 aliphatic heterocycles. The molecule has 0 spiro atoms. The van der Waals surface area contributed by atoms with Crippen molar-refractivity contribution < 1.29 is 18.3 Å². The predicted molar refractivity (Wildman–Crippen MR) is 29.3 cm³/mol. The Morgan fingerprint density at radius 3 is 2.60 bits per heavy atom. The molecule has 0 saturated heterocycles. The molecule has 1 aliphatic rings. The lowest BCUT2D eigenvalue weighted by molar-refractivity contribution is -0.0874. The zero-order chi connectivity index (χ0) is 7.78. The lowest BCUT2D eigenvalue weighted by Gasteiger charge is -2.18. The van der Waals surface area contributed by atoms with Gasteiger partial charge < -0.3 is 5.11 Å². The van der Waals surface area contributed by atoms with Crippen LogP contribution in [0, 0.1) is 0 Å². The van der Waals surface area contributed by atoms with Crippen LogP contribution in [0.4, 0.5) is 13.2 Å². The second-order valence-corrected chi connectivity index (χ2v) is 2.01. The molecule has 0 aromatic carbocycles. The molecule has 0 aromatic heterocycles. The SMILES string of the molecule is OC1(F)C=CC(F)=CC1F. The van der Waals surface area contributed by atoms with Crippen LogP contribution in [0.3, 0.4) is 0 Å². The second-order valence-electron chi connectivity index (χ2n) is 2.01. The molecular formula is C6H5F3O. The Labute approximate surface area is 55.5 Å². The first kappa shape index (κ1) is 7.34. The van der Waals surface area contributed by atoms with Crippen molar-refractivity contribution in [2.24, 2.45) is 0 Å². The minimum Gasteiger partial charge on any atom is -0.356 e. The van der Waals surface area contributed by atoms with Crippen LogP contribution in [-0.4, -0.2) is 17.1 Å². The Morgan fingerprint density at radius 1 is 1.60 bits per heavy atom. The second kappa shape index (κ2) is 2.12. The van der Waals surface area contributed by atoms with Gasteiger partial charge in [0.1, 0.15) is 5.83 Å². The summed E-state index contributed by atoms with van der Waals surface area (Å²) < 4.78 is 36.6. The third kappa shape index (κ3) is 1.21. The van der Waals surface area contributed by atoms with E-state index in [1.54, 1.807) is 0 Å². The molecule has 4 heteroatoms. The van der Waals surface area contributed by atoms with Gasteiger partial charge in [0.15, 0.2) is 6.17 Å². The molecule has 1 aliphatic carbocycles. The van der Waals surface area contributed by atoms with E-state index < -0.39 is 17.9 Å². The third-order valence-electron chi connectivity index (χ3n) is 1.17. The van der Waals surface area contributed by atoms with E-state index in [0.717, 1.165) is 0 Å². The average molecular weight is 150 g/mol. The molecule has 0 saturated carbocycles. The van der Waals surface area contributed by atoms with E-state index in [9.17, 15) is 13.2 Å². The van der Waals surface area contributed by atoms with Crippen molar-refractivity contribution in [1.82, 2.24) is 0 Å². The minimum absolute atomic E-state index is 0.375. The summed E-state index contributed by atoms with van der Waals surface area (Å²) >= 11 is 0. The van der Waals surface area contributed by atoms with Gasteiger partial charge in [-0.1, -0.05) is 0 Å². The highest BCUT2D eigenvalue weighted by Crippen LogP contribution is 2.25. The number of allylic oxidation sites excluding steroid dienone is 2. The number of rotatable bonds is 0. The quantitative estimate of drug-likeness (QED) is 0.553. The lowest BCUT2D eigenvalue weighted by Crippen LogP contribution is -2.32. The molecule has 2 atom stereocenters. The minimum atomic E-state index is -3.05. The van der Waals surface area contributed by atoms with E-state index in [4.69, 9.17) is 5.11 Å². The lowest BCUT2D eigenvalue weighted by atomic mass is 10.1. The van der Waals surface area contributed by atoms with Gasteiger partial charge in [-0.3, -0.25) is 0 Å². The van der Waals surface area contributed by atoms with Crippen molar-refractivity contribution in [1.29, 1.82) is 0 Å². The summed E-state index contributed by atoms with van der Waals surface area (Å²) in [5.74, 6) is -3.93. The van der Waals surface area contributed by atoms with Crippen LogP contribution in [0.2, 0.25) is 0 Å². The van der Waals surface area contributed by atoms with E-state index >= 15 is 0 Å². The Morgan fingerprint density at radius 2 is 2.20 bits per heavy atom. The highest BCUT2D eigenvalue weighted by atomic mass is 19.2. The zero-order valence-electron chi connectivity index (χ0n) is 4.89. The standard InChI is InChI=1S/C6H5F3O/c7-4-1-2-6(9,10)5(8)3-4/h1-3,5,10H. The molecule has 0 heterocycles. The molecular weight excluding hydrogens is 145 g/mol. The summed E-state index contributed by atoms with van der Waals surface area (Å²) in [4.78, 5) is 0. The van der Waals surface area contributed by atoms with Gasteiger partial charge in [-0.15, -0.1) is 0 Å². The molecule has 1 N–H and O–H groups in total. The molecule has 0 amide bonds. The smallest absolute Gasteiger partial charge is 0.261 e. The molecule has 56 valence electrons. The molecule has 10 heavy (non-hydrogen) atoms. The van der Waals surface area contributed by atoms with Crippen LogP contribution in [-0.2, 0) is 0 Å². The fourth-order valence-electron chi connectivity index (χ4n) is 0.601. The zero-order valence-corrected chi connectivity index (χ0v) is 4.89.